The van der Waals surface area contributed by atoms with Gasteiger partial charge in [0, 0.05) is 12.6 Å². The van der Waals surface area contributed by atoms with Crippen molar-refractivity contribution in [3.8, 4) is 0 Å². The minimum absolute atomic E-state index is 0.0142. The number of benzene rings is 1. The first-order chi connectivity index (χ1) is 12.5. The third kappa shape index (κ3) is 5.04. The summed E-state index contributed by atoms with van der Waals surface area (Å²) in [5, 5.41) is 12.9. The Morgan fingerprint density at radius 1 is 1.31 bits per heavy atom. The Morgan fingerprint density at radius 3 is 2.85 bits per heavy atom. The normalized spacial score (nSPS) is 31.3. The van der Waals surface area contributed by atoms with Crippen LogP contribution in [0.15, 0.2) is 30.3 Å². The lowest BCUT2D eigenvalue weighted by molar-refractivity contribution is -0.153. The van der Waals surface area contributed by atoms with Gasteiger partial charge in [0.2, 0.25) is 5.91 Å². The Bertz CT molecular complexity index is 582. The highest BCUT2D eigenvalue weighted by atomic mass is 16.5. The summed E-state index contributed by atoms with van der Waals surface area (Å²) < 4.78 is 11.8. The Kier molecular flexibility index (Phi) is 6.64. The van der Waals surface area contributed by atoms with Crippen molar-refractivity contribution in [1.82, 2.24) is 10.2 Å². The molecule has 5 atom stereocenters. The number of likely N-dealkylation sites (N-methyl/N-ethyl adjacent to an activating group) is 1. The molecule has 0 aromatic heterocycles. The average Bonchev–Trinajstić information content (AvgIpc) is 2.61. The lowest BCUT2D eigenvalue weighted by atomic mass is 9.95. The topological polar surface area (TPSA) is 71.0 Å². The summed E-state index contributed by atoms with van der Waals surface area (Å²) in [6.45, 7) is 3.37. The number of amides is 1. The highest BCUT2D eigenvalue weighted by molar-refractivity contribution is 5.76. The van der Waals surface area contributed by atoms with Gasteiger partial charge in [-0.1, -0.05) is 30.3 Å². The fraction of sp³-hybridized carbons (Fsp3) is 0.650. The zero-order valence-electron chi connectivity index (χ0n) is 15.6. The monoisotopic (exact) mass is 362 g/mol. The largest absolute Gasteiger partial charge is 0.389 e. The van der Waals surface area contributed by atoms with E-state index in [0.717, 1.165) is 18.4 Å². The van der Waals surface area contributed by atoms with E-state index in [1.165, 1.54) is 0 Å². The second kappa shape index (κ2) is 8.95. The number of β-amino-alcohol motifs (C(OH)–C–C–N with tert-alkyl or cyclic N) is 1. The van der Waals surface area contributed by atoms with Gasteiger partial charge >= 0.3 is 0 Å². The number of nitrogens with one attached hydrogen (secondary N) is 1. The van der Waals surface area contributed by atoms with Crippen LogP contribution in [0.3, 0.4) is 0 Å². The Hall–Kier alpha value is -1.47. The first kappa shape index (κ1) is 19.3. The molecule has 0 aliphatic carbocycles. The van der Waals surface area contributed by atoms with E-state index in [2.05, 4.69) is 10.2 Å². The molecule has 2 saturated heterocycles. The summed E-state index contributed by atoms with van der Waals surface area (Å²) in [6.07, 6.45) is 1.57. The summed E-state index contributed by atoms with van der Waals surface area (Å²) in [7, 11) is 2.02. The SMILES string of the molecule is C[C@H](NC(=O)C[C@@H]1CC[C@H]2[C@@H](COC[C@@H](O)CN2C)O1)c1ccccc1. The van der Waals surface area contributed by atoms with Gasteiger partial charge in [-0.15, -0.1) is 0 Å². The molecule has 1 aromatic carbocycles. The third-order valence-corrected chi connectivity index (χ3v) is 5.33. The predicted octanol–water partition coefficient (Wildman–Crippen LogP) is 1.49. The quantitative estimate of drug-likeness (QED) is 0.849. The molecule has 3 rings (SSSR count). The number of rotatable bonds is 4. The molecule has 2 fully saturated rings. The number of hydrogen-bond acceptors (Lipinski definition) is 5. The maximum atomic E-state index is 12.4. The van der Waals surface area contributed by atoms with Crippen molar-refractivity contribution in [2.45, 2.75) is 56.6 Å². The van der Waals surface area contributed by atoms with E-state index in [1.807, 2.05) is 44.3 Å². The van der Waals surface area contributed by atoms with Gasteiger partial charge in [0.05, 0.1) is 44.0 Å². The van der Waals surface area contributed by atoms with E-state index < -0.39 is 6.10 Å². The molecule has 1 aromatic rings. The lowest BCUT2D eigenvalue weighted by Crippen LogP contribution is -2.54. The average molecular weight is 362 g/mol. The fourth-order valence-corrected chi connectivity index (χ4v) is 3.93. The molecule has 2 aliphatic rings. The molecule has 0 saturated carbocycles. The van der Waals surface area contributed by atoms with Crippen LogP contribution in [0.2, 0.25) is 0 Å². The van der Waals surface area contributed by atoms with Crippen LogP contribution < -0.4 is 5.32 Å². The second-order valence-electron chi connectivity index (χ2n) is 7.48. The van der Waals surface area contributed by atoms with Crippen LogP contribution in [-0.4, -0.2) is 67.1 Å². The highest BCUT2D eigenvalue weighted by Crippen LogP contribution is 2.27. The summed E-state index contributed by atoms with van der Waals surface area (Å²) in [6, 6.07) is 10.2. The third-order valence-electron chi connectivity index (χ3n) is 5.33. The van der Waals surface area contributed by atoms with E-state index in [1.54, 1.807) is 0 Å². The Labute approximate surface area is 155 Å². The van der Waals surface area contributed by atoms with Crippen molar-refractivity contribution in [2.24, 2.45) is 0 Å². The second-order valence-corrected chi connectivity index (χ2v) is 7.48. The first-order valence-corrected chi connectivity index (χ1v) is 9.48. The van der Waals surface area contributed by atoms with Crippen molar-refractivity contribution in [3.05, 3.63) is 35.9 Å². The van der Waals surface area contributed by atoms with Crippen LogP contribution in [0.5, 0.6) is 0 Å². The van der Waals surface area contributed by atoms with E-state index in [9.17, 15) is 9.90 Å². The van der Waals surface area contributed by atoms with Crippen molar-refractivity contribution in [1.29, 1.82) is 0 Å². The van der Waals surface area contributed by atoms with Crippen molar-refractivity contribution in [2.75, 3.05) is 26.8 Å². The highest BCUT2D eigenvalue weighted by Gasteiger charge is 2.36. The molecule has 26 heavy (non-hydrogen) atoms. The molecule has 144 valence electrons. The van der Waals surface area contributed by atoms with Crippen LogP contribution in [0, 0.1) is 0 Å². The molecule has 6 nitrogen and oxygen atoms in total. The number of aliphatic hydroxyl groups is 1. The van der Waals surface area contributed by atoms with E-state index >= 15 is 0 Å². The van der Waals surface area contributed by atoms with Crippen LogP contribution in [0.1, 0.15) is 37.8 Å². The molecule has 0 spiro atoms. The minimum atomic E-state index is -0.455. The zero-order chi connectivity index (χ0) is 18.5. The van der Waals surface area contributed by atoms with Crippen molar-refractivity contribution in [3.63, 3.8) is 0 Å². The minimum Gasteiger partial charge on any atom is -0.389 e. The van der Waals surface area contributed by atoms with Gasteiger partial charge in [0.1, 0.15) is 0 Å². The lowest BCUT2D eigenvalue weighted by Gasteiger charge is -2.43. The fourth-order valence-electron chi connectivity index (χ4n) is 3.93. The van der Waals surface area contributed by atoms with Crippen LogP contribution in [-0.2, 0) is 14.3 Å². The number of carbonyl (C=O) groups is 1. The number of aliphatic hydroxyl groups excluding tert-OH is 1. The van der Waals surface area contributed by atoms with E-state index in [0.29, 0.717) is 26.2 Å². The molecule has 2 N–H and O–H groups in total. The van der Waals surface area contributed by atoms with Crippen molar-refractivity contribution < 1.29 is 19.4 Å². The summed E-state index contributed by atoms with van der Waals surface area (Å²) in [5.74, 6) is 0.0142. The molecule has 0 radical (unpaired) electrons. The molecule has 2 aliphatic heterocycles. The van der Waals surface area contributed by atoms with Crippen molar-refractivity contribution >= 4 is 5.91 Å². The van der Waals surface area contributed by atoms with E-state index in [-0.39, 0.29) is 30.2 Å². The van der Waals surface area contributed by atoms with Gasteiger partial charge in [-0.05, 0) is 32.4 Å². The summed E-state index contributed by atoms with van der Waals surface area (Å²) in [5.41, 5.74) is 1.10. The maximum Gasteiger partial charge on any atom is 0.223 e. The predicted molar refractivity (Wildman–Crippen MR) is 98.8 cm³/mol. The number of fused-ring (bicyclic) bond motifs is 1. The number of hydrogen-bond donors (Lipinski definition) is 2. The molecular formula is C20H30N2O4. The summed E-state index contributed by atoms with van der Waals surface area (Å²) >= 11 is 0. The molecule has 1 amide bonds. The Balaban J connectivity index is 1.51. The zero-order valence-corrected chi connectivity index (χ0v) is 15.6. The van der Waals surface area contributed by atoms with Gasteiger partial charge in [-0.3, -0.25) is 9.69 Å². The van der Waals surface area contributed by atoms with Gasteiger partial charge < -0.3 is 19.9 Å². The van der Waals surface area contributed by atoms with Gasteiger partial charge in [-0.25, -0.2) is 0 Å². The molecule has 2 heterocycles. The maximum absolute atomic E-state index is 12.4. The first-order valence-electron chi connectivity index (χ1n) is 9.48. The van der Waals surface area contributed by atoms with Crippen LogP contribution >= 0.6 is 0 Å². The molecular weight excluding hydrogens is 332 g/mol. The number of ether oxygens (including phenoxy) is 2. The summed E-state index contributed by atoms with van der Waals surface area (Å²) in [4.78, 5) is 14.6. The standard InChI is InChI=1S/C20H30N2O4/c1-14(15-6-4-3-5-7-15)21-20(24)10-17-8-9-18-19(26-17)13-25-12-16(23)11-22(18)2/h3-7,14,16-19,23H,8-13H2,1-2H3,(H,21,24)/t14-,16-,17-,18-,19+/m0/s1. The number of nitrogens with zero attached hydrogens (tertiary/aromatic N) is 1. The van der Waals surface area contributed by atoms with E-state index in [4.69, 9.17) is 9.47 Å². The van der Waals surface area contributed by atoms with Gasteiger partial charge in [-0.2, -0.15) is 0 Å². The van der Waals surface area contributed by atoms with Crippen LogP contribution in [0.4, 0.5) is 0 Å². The molecule has 6 heteroatoms. The number of carbonyl (C=O) groups excluding carboxylic acids is 1. The molecule has 0 bridgehead atoms. The van der Waals surface area contributed by atoms with Gasteiger partial charge in [0.25, 0.3) is 0 Å². The van der Waals surface area contributed by atoms with Crippen LogP contribution in [0.25, 0.3) is 0 Å². The Morgan fingerprint density at radius 2 is 2.08 bits per heavy atom. The smallest absolute Gasteiger partial charge is 0.223 e. The van der Waals surface area contributed by atoms with Gasteiger partial charge in [0.15, 0.2) is 0 Å². The molecule has 0 unspecified atom stereocenters.